The van der Waals surface area contributed by atoms with Crippen molar-refractivity contribution in [2.45, 2.75) is 18.4 Å². The van der Waals surface area contributed by atoms with Gasteiger partial charge in [-0.25, -0.2) is 12.8 Å². The number of thiazole rings is 1. The molecular weight excluding hydrogens is 333 g/mol. The van der Waals surface area contributed by atoms with E-state index < -0.39 is 21.7 Å². The van der Waals surface area contributed by atoms with Gasteiger partial charge in [-0.1, -0.05) is 11.3 Å². The van der Waals surface area contributed by atoms with Crippen LogP contribution in [-0.2, 0) is 21.4 Å². The maximum Gasteiger partial charge on any atom is 0.307 e. The van der Waals surface area contributed by atoms with Crippen LogP contribution in [0.4, 0.5) is 4.39 Å². The molecule has 0 saturated carbocycles. The lowest BCUT2D eigenvalue weighted by molar-refractivity contribution is -0.122. The van der Waals surface area contributed by atoms with E-state index in [0.29, 0.717) is 5.69 Å². The first-order chi connectivity index (χ1) is 10.3. The predicted octanol–water partition coefficient (Wildman–Crippen LogP) is 0.367. The van der Waals surface area contributed by atoms with Crippen LogP contribution in [0.5, 0.6) is 0 Å². The second-order valence-electron chi connectivity index (χ2n) is 4.34. The fourth-order valence-corrected chi connectivity index (χ4v) is 3.17. The lowest BCUT2D eigenvalue weighted by atomic mass is 10.4. The molecule has 118 valence electrons. The Hall–Kier alpha value is -2.04. The van der Waals surface area contributed by atoms with E-state index in [1.807, 2.05) is 10.3 Å². The van der Waals surface area contributed by atoms with E-state index in [2.05, 4.69) is 0 Å². The number of carbonyl (C=O) groups excluding carboxylic acids is 1. The molecule has 0 aliphatic heterocycles. The van der Waals surface area contributed by atoms with Gasteiger partial charge in [0, 0.05) is 11.1 Å². The Bertz CT molecular complexity index is 840. The smallest absolute Gasteiger partial charge is 0.294 e. The van der Waals surface area contributed by atoms with Crippen molar-refractivity contribution in [3.8, 4) is 0 Å². The predicted molar refractivity (Wildman–Crippen MR) is 78.2 cm³/mol. The zero-order valence-corrected chi connectivity index (χ0v) is 13.0. The first kappa shape index (κ1) is 16.3. The van der Waals surface area contributed by atoms with Crippen LogP contribution in [0.25, 0.3) is 0 Å². The van der Waals surface area contributed by atoms with Crippen LogP contribution in [0.2, 0.25) is 0 Å². The highest BCUT2D eigenvalue weighted by molar-refractivity contribution is 7.89. The number of nitrogens with one attached hydrogen (secondary N) is 2. The van der Waals surface area contributed by atoms with Crippen LogP contribution in [-0.4, -0.2) is 18.9 Å². The fourth-order valence-electron chi connectivity index (χ4n) is 1.58. The topological polar surface area (TPSA) is 97.3 Å². The Morgan fingerprint density at radius 3 is 2.50 bits per heavy atom. The Balaban J connectivity index is 2.01. The maximum atomic E-state index is 12.8. The average molecular weight is 345 g/mol. The summed E-state index contributed by atoms with van der Waals surface area (Å²) in [5.74, 6) is -1.27. The van der Waals surface area contributed by atoms with Gasteiger partial charge in [0.2, 0.25) is 0 Å². The molecule has 0 bridgehead atoms. The minimum atomic E-state index is -4.00. The largest absolute Gasteiger partial charge is 0.307 e. The summed E-state index contributed by atoms with van der Waals surface area (Å²) in [5.41, 5.74) is 2.61. The number of benzene rings is 1. The van der Waals surface area contributed by atoms with Gasteiger partial charge in [-0.15, -0.1) is 4.83 Å². The quantitative estimate of drug-likeness (QED) is 0.765. The van der Waals surface area contributed by atoms with Gasteiger partial charge >= 0.3 is 4.87 Å². The molecule has 7 nitrogen and oxygen atoms in total. The molecule has 0 spiro atoms. The molecule has 0 aliphatic rings. The van der Waals surface area contributed by atoms with Gasteiger partial charge in [0.25, 0.3) is 15.9 Å². The van der Waals surface area contributed by atoms with Gasteiger partial charge in [0.1, 0.15) is 12.4 Å². The number of aromatic nitrogens is 1. The first-order valence-corrected chi connectivity index (χ1v) is 8.37. The van der Waals surface area contributed by atoms with Gasteiger partial charge < -0.3 is 0 Å². The van der Waals surface area contributed by atoms with Crippen molar-refractivity contribution >= 4 is 27.3 Å². The number of carbonyl (C=O) groups is 1. The third-order valence-corrected chi connectivity index (χ3v) is 4.87. The molecule has 1 amide bonds. The third-order valence-electron chi connectivity index (χ3n) is 2.73. The number of halogens is 1. The van der Waals surface area contributed by atoms with Crippen LogP contribution in [0.3, 0.4) is 0 Å². The molecule has 0 saturated heterocycles. The highest BCUT2D eigenvalue weighted by Crippen LogP contribution is 2.08. The van der Waals surface area contributed by atoms with E-state index in [9.17, 15) is 22.4 Å². The normalized spacial score (nSPS) is 11.4. The molecule has 0 unspecified atom stereocenters. The number of rotatable bonds is 5. The highest BCUT2D eigenvalue weighted by atomic mass is 32.2. The SMILES string of the molecule is Cc1csc(=O)n1CC(=O)NNS(=O)(=O)c1ccc(F)cc1. The van der Waals surface area contributed by atoms with E-state index in [-0.39, 0.29) is 16.3 Å². The molecule has 1 aromatic carbocycles. The van der Waals surface area contributed by atoms with Crippen molar-refractivity contribution in [3.05, 3.63) is 50.8 Å². The summed E-state index contributed by atoms with van der Waals surface area (Å²) in [6.45, 7) is 1.36. The molecule has 2 N–H and O–H groups in total. The Morgan fingerprint density at radius 2 is 1.95 bits per heavy atom. The molecule has 2 rings (SSSR count). The van der Waals surface area contributed by atoms with Gasteiger partial charge in [-0.2, -0.15) is 0 Å². The van der Waals surface area contributed by atoms with Gasteiger partial charge in [0.15, 0.2) is 0 Å². The van der Waals surface area contributed by atoms with E-state index in [0.717, 1.165) is 35.6 Å². The number of amides is 1. The van der Waals surface area contributed by atoms with Crippen molar-refractivity contribution in [2.24, 2.45) is 0 Å². The third kappa shape index (κ3) is 3.78. The summed E-state index contributed by atoms with van der Waals surface area (Å²) in [6, 6.07) is 4.12. The monoisotopic (exact) mass is 345 g/mol. The highest BCUT2D eigenvalue weighted by Gasteiger charge is 2.16. The molecule has 0 fully saturated rings. The average Bonchev–Trinajstić information content (AvgIpc) is 2.78. The second-order valence-corrected chi connectivity index (χ2v) is 6.84. The minimum Gasteiger partial charge on any atom is -0.294 e. The van der Waals surface area contributed by atoms with Crippen molar-refractivity contribution in [1.82, 2.24) is 14.8 Å². The molecule has 0 atom stereocenters. The van der Waals surface area contributed by atoms with Gasteiger partial charge in [-0.05, 0) is 31.2 Å². The molecular formula is C12H12FN3O4S2. The standard InChI is InChI=1S/C12H12FN3O4S2/c1-8-7-21-12(18)16(8)6-11(17)14-15-22(19,20)10-4-2-9(13)3-5-10/h2-5,7,15H,6H2,1H3,(H,14,17). The number of sulfonamides is 1. The van der Waals surface area contributed by atoms with Gasteiger partial charge in [0.05, 0.1) is 4.90 Å². The maximum absolute atomic E-state index is 12.8. The second kappa shape index (κ2) is 6.38. The minimum absolute atomic E-state index is 0.196. The number of hydrogen-bond acceptors (Lipinski definition) is 5. The Labute approximate surface area is 129 Å². The van der Waals surface area contributed by atoms with Crippen LogP contribution >= 0.6 is 11.3 Å². The number of nitrogens with zero attached hydrogens (tertiary/aromatic N) is 1. The fraction of sp³-hybridized carbons (Fsp3) is 0.167. The zero-order chi connectivity index (χ0) is 16.3. The molecule has 0 radical (unpaired) electrons. The van der Waals surface area contributed by atoms with E-state index in [1.54, 1.807) is 12.3 Å². The number of hydrogen-bond donors (Lipinski definition) is 2. The van der Waals surface area contributed by atoms with Crippen molar-refractivity contribution in [2.75, 3.05) is 0 Å². The number of aryl methyl sites for hydroxylation is 1. The molecule has 1 aromatic heterocycles. The summed E-state index contributed by atoms with van der Waals surface area (Å²) in [5, 5.41) is 1.60. The van der Waals surface area contributed by atoms with Crippen LogP contribution in [0.1, 0.15) is 5.69 Å². The molecule has 0 aliphatic carbocycles. The van der Waals surface area contributed by atoms with E-state index in [1.165, 1.54) is 4.57 Å². The molecule has 10 heteroatoms. The summed E-state index contributed by atoms with van der Waals surface area (Å²) in [4.78, 5) is 24.5. The Morgan fingerprint density at radius 1 is 1.32 bits per heavy atom. The zero-order valence-electron chi connectivity index (χ0n) is 11.4. The van der Waals surface area contributed by atoms with E-state index >= 15 is 0 Å². The summed E-state index contributed by atoms with van der Waals surface area (Å²) < 4.78 is 37.7. The summed E-state index contributed by atoms with van der Waals surface area (Å²) in [6.07, 6.45) is 0. The van der Waals surface area contributed by atoms with Crippen LogP contribution in [0, 0.1) is 12.7 Å². The Kier molecular flexibility index (Phi) is 4.74. The summed E-state index contributed by atoms with van der Waals surface area (Å²) >= 11 is 0.948. The first-order valence-electron chi connectivity index (χ1n) is 6.01. The summed E-state index contributed by atoms with van der Waals surface area (Å²) in [7, 11) is -4.00. The lowest BCUT2D eigenvalue weighted by Crippen LogP contribution is -2.43. The molecule has 2 aromatic rings. The van der Waals surface area contributed by atoms with Gasteiger partial charge in [-0.3, -0.25) is 19.6 Å². The van der Waals surface area contributed by atoms with Crippen molar-refractivity contribution in [1.29, 1.82) is 0 Å². The van der Waals surface area contributed by atoms with E-state index in [4.69, 9.17) is 0 Å². The van der Waals surface area contributed by atoms with Crippen LogP contribution < -0.4 is 15.1 Å². The molecule has 22 heavy (non-hydrogen) atoms. The van der Waals surface area contributed by atoms with Crippen LogP contribution in [0.15, 0.2) is 39.3 Å². The number of hydrazine groups is 1. The lowest BCUT2D eigenvalue weighted by Gasteiger charge is -2.09. The van der Waals surface area contributed by atoms with Crippen molar-refractivity contribution in [3.63, 3.8) is 0 Å². The van der Waals surface area contributed by atoms with Crippen molar-refractivity contribution < 1.29 is 17.6 Å². The molecule has 1 heterocycles.